The lowest BCUT2D eigenvalue weighted by atomic mass is 10.0. The van der Waals surface area contributed by atoms with Crippen molar-refractivity contribution >= 4 is 29.6 Å². The van der Waals surface area contributed by atoms with E-state index in [1.165, 1.54) is 6.07 Å². The fourth-order valence-corrected chi connectivity index (χ4v) is 2.59. The number of hydrogen-bond donors (Lipinski definition) is 7. The smallest absolute Gasteiger partial charge is 0.330 e. The van der Waals surface area contributed by atoms with Gasteiger partial charge in [0.2, 0.25) is 23.6 Å². The Kier molecular flexibility index (Phi) is 9.21. The number of nitrogens with one attached hydrogen (secondary N) is 2. The van der Waals surface area contributed by atoms with E-state index in [0.717, 1.165) is 12.1 Å². The van der Waals surface area contributed by atoms with E-state index in [1.54, 1.807) is 0 Å². The first-order valence-electron chi connectivity index (χ1n) is 9.12. The molecule has 0 aliphatic rings. The minimum Gasteiger partial charge on any atom is -0.593 e. The first-order chi connectivity index (χ1) is 14.4. The summed E-state index contributed by atoms with van der Waals surface area (Å²) in [4.78, 5) is 58.1. The molecule has 3 atom stereocenters. The van der Waals surface area contributed by atoms with Crippen molar-refractivity contribution in [2.75, 3.05) is 0 Å². The molecular formula is C18H26N5O8+. The molecule has 170 valence electrons. The van der Waals surface area contributed by atoms with Gasteiger partial charge in [0.1, 0.15) is 11.8 Å². The summed E-state index contributed by atoms with van der Waals surface area (Å²) in [6, 6.07) is -0.576. The van der Waals surface area contributed by atoms with Crippen LogP contribution in [0.2, 0.25) is 0 Å². The summed E-state index contributed by atoms with van der Waals surface area (Å²) < 4.78 is 0. The fourth-order valence-electron chi connectivity index (χ4n) is 2.59. The number of benzene rings is 1. The van der Waals surface area contributed by atoms with Gasteiger partial charge in [-0.15, -0.1) is 0 Å². The molecule has 12 N–H and O–H groups in total. The molecule has 0 radical (unpaired) electrons. The van der Waals surface area contributed by atoms with E-state index in [2.05, 4.69) is 10.6 Å². The first-order valence-corrected chi connectivity index (χ1v) is 9.12. The number of phenols is 1. The minimum atomic E-state index is -1.55. The van der Waals surface area contributed by atoms with Crippen LogP contribution < -0.4 is 27.8 Å². The number of aliphatic carboxylic acids is 1. The lowest BCUT2D eigenvalue weighted by molar-refractivity contribution is -0.142. The largest absolute Gasteiger partial charge is 0.593 e. The third-order valence-corrected chi connectivity index (χ3v) is 4.18. The Balaban J connectivity index is 2.73. The van der Waals surface area contributed by atoms with Crippen molar-refractivity contribution in [1.82, 2.24) is 10.6 Å². The first kappa shape index (κ1) is 25.2. The average Bonchev–Trinajstić information content (AvgIpc) is 2.65. The van der Waals surface area contributed by atoms with Gasteiger partial charge < -0.3 is 43.2 Å². The third-order valence-electron chi connectivity index (χ3n) is 4.18. The zero-order valence-corrected chi connectivity index (χ0v) is 16.5. The van der Waals surface area contributed by atoms with Crippen LogP contribution in [0.25, 0.3) is 0 Å². The van der Waals surface area contributed by atoms with Gasteiger partial charge in [0.25, 0.3) is 5.75 Å². The minimum absolute atomic E-state index is 0.0222. The summed E-state index contributed by atoms with van der Waals surface area (Å²) in [7, 11) is 0. The normalized spacial score (nSPS) is 13.5. The number of nitrogens with two attached hydrogens (primary N) is 3. The van der Waals surface area contributed by atoms with Crippen molar-refractivity contribution < 1.29 is 39.3 Å². The number of carboxylic acids is 1. The summed E-state index contributed by atoms with van der Waals surface area (Å²) in [5.41, 5.74) is 15.8. The zero-order chi connectivity index (χ0) is 23.7. The number of primary amides is 2. The van der Waals surface area contributed by atoms with Crippen molar-refractivity contribution in [2.24, 2.45) is 17.2 Å². The molecule has 1 aromatic carbocycles. The molecule has 0 aromatic heterocycles. The molecule has 0 aliphatic heterocycles. The molecule has 13 nitrogen and oxygen atoms in total. The number of aromatic hydroxyl groups is 1. The molecular weight excluding hydrogens is 414 g/mol. The van der Waals surface area contributed by atoms with Crippen LogP contribution >= 0.6 is 0 Å². The van der Waals surface area contributed by atoms with Crippen LogP contribution in [0.4, 0.5) is 0 Å². The summed E-state index contributed by atoms with van der Waals surface area (Å²) in [6.07, 6.45) is -0.800. The zero-order valence-electron chi connectivity index (χ0n) is 16.5. The monoisotopic (exact) mass is 440 g/mol. The number of carboxylic acid groups (broad SMARTS) is 1. The Bertz CT molecular complexity index is 839. The Morgan fingerprint density at radius 3 is 2.16 bits per heavy atom. The van der Waals surface area contributed by atoms with Crippen molar-refractivity contribution in [3.05, 3.63) is 23.8 Å². The van der Waals surface area contributed by atoms with Gasteiger partial charge in [0, 0.05) is 18.9 Å². The van der Waals surface area contributed by atoms with Crippen LogP contribution in [0.15, 0.2) is 18.2 Å². The fraction of sp³-hybridized carbons (Fsp3) is 0.389. The maximum absolute atomic E-state index is 12.2. The number of carbonyl (C=O) groups excluding carboxylic acids is 4. The quantitative estimate of drug-likeness (QED) is 0.169. The van der Waals surface area contributed by atoms with E-state index in [1.807, 2.05) is 0 Å². The molecule has 0 saturated heterocycles. The Hall–Kier alpha value is -3.87. The second-order valence-corrected chi connectivity index (χ2v) is 6.77. The summed E-state index contributed by atoms with van der Waals surface area (Å²) in [6.45, 7) is 0. The predicted molar refractivity (Wildman–Crippen MR) is 106 cm³/mol. The molecule has 31 heavy (non-hydrogen) atoms. The maximum atomic E-state index is 12.2. The van der Waals surface area contributed by atoms with Crippen molar-refractivity contribution in [2.45, 2.75) is 43.8 Å². The Labute approximate surface area is 176 Å². The van der Waals surface area contributed by atoms with Gasteiger partial charge in [-0.05, 0) is 24.5 Å². The molecule has 0 saturated carbocycles. The lowest BCUT2D eigenvalue weighted by Gasteiger charge is -2.19. The second kappa shape index (κ2) is 11.3. The van der Waals surface area contributed by atoms with Crippen molar-refractivity contribution in [3.8, 4) is 11.5 Å². The number of carbonyl (C=O) groups is 5. The molecule has 4 amide bonds. The highest BCUT2D eigenvalue weighted by Gasteiger charge is 2.26. The number of hydrogen-bond acceptors (Lipinski definition) is 7. The van der Waals surface area contributed by atoms with Crippen LogP contribution in [0.5, 0.6) is 11.5 Å². The van der Waals surface area contributed by atoms with Gasteiger partial charge in [-0.3, -0.25) is 19.2 Å². The second-order valence-electron chi connectivity index (χ2n) is 6.77. The highest BCUT2D eigenvalue weighted by molar-refractivity contribution is 5.90. The Morgan fingerprint density at radius 1 is 1.00 bits per heavy atom. The lowest BCUT2D eigenvalue weighted by Crippen LogP contribution is -2.51. The van der Waals surface area contributed by atoms with Gasteiger partial charge in [0.05, 0.1) is 12.1 Å². The number of rotatable bonds is 12. The van der Waals surface area contributed by atoms with Gasteiger partial charge in [-0.25, -0.2) is 4.79 Å². The number of amides is 4. The molecule has 0 bridgehead atoms. The maximum Gasteiger partial charge on any atom is 0.330 e. The van der Waals surface area contributed by atoms with E-state index in [9.17, 15) is 34.2 Å². The van der Waals surface area contributed by atoms with Gasteiger partial charge in [0.15, 0.2) is 6.04 Å². The molecule has 1 aromatic rings. The topological polar surface area (TPSA) is 251 Å². The van der Waals surface area contributed by atoms with Crippen molar-refractivity contribution in [1.29, 1.82) is 0 Å². The summed E-state index contributed by atoms with van der Waals surface area (Å²) in [5, 5.41) is 30.9. The third kappa shape index (κ3) is 8.57. The highest BCUT2D eigenvalue weighted by Crippen LogP contribution is 2.25. The molecule has 3 unspecified atom stereocenters. The molecule has 0 heterocycles. The van der Waals surface area contributed by atoms with Crippen LogP contribution in [0, 0.1) is 0 Å². The van der Waals surface area contributed by atoms with Crippen LogP contribution in [-0.4, -0.2) is 57.0 Å². The molecule has 1 rings (SSSR count). The van der Waals surface area contributed by atoms with Crippen molar-refractivity contribution in [3.63, 3.8) is 0 Å². The van der Waals surface area contributed by atoms with Crippen LogP contribution in [0.3, 0.4) is 0 Å². The number of phenolic OH excluding ortho intramolecular Hbond substituents is 1. The molecule has 0 fully saturated rings. The van der Waals surface area contributed by atoms with E-state index in [4.69, 9.17) is 22.3 Å². The van der Waals surface area contributed by atoms with Crippen LogP contribution in [-0.2, 0) is 24.0 Å². The summed E-state index contributed by atoms with van der Waals surface area (Å²) in [5.74, 6) is -5.06. The predicted octanol–water partition coefficient (Wildman–Crippen LogP) is -2.58. The highest BCUT2D eigenvalue weighted by atomic mass is 16.4. The average molecular weight is 440 g/mol. The van der Waals surface area contributed by atoms with E-state index < -0.39 is 47.7 Å². The van der Waals surface area contributed by atoms with E-state index >= 15 is 0 Å². The van der Waals surface area contributed by atoms with Gasteiger partial charge in [-0.2, -0.15) is 0 Å². The van der Waals surface area contributed by atoms with Gasteiger partial charge in [-0.1, -0.05) is 0 Å². The van der Waals surface area contributed by atoms with Crippen LogP contribution in [0.1, 0.15) is 37.3 Å². The Morgan fingerprint density at radius 2 is 1.65 bits per heavy atom. The molecule has 0 aliphatic carbocycles. The van der Waals surface area contributed by atoms with Gasteiger partial charge >= 0.3 is 5.97 Å². The standard InChI is InChI=1S/C18H25N5O8/c19-11(1-3-13(20)26)17(29)22-12(16(21)28)2-4-14(27)23-15(18(30)31)8-5-9(24)7-10(25)6-8/h5-7,11-12,15,24-25H,1-4,19H2,(H2,20,26)(H2,21,28)(H,22,29)(H,23,27)(H,30,31)/p+1. The SMILES string of the molecule is NC(=O)CCC(N)C(=O)NC(CCC(=O)NC(C(=O)O)c1cc(O)cc([OH2+])c1)C(N)=O. The molecule has 0 spiro atoms. The summed E-state index contributed by atoms with van der Waals surface area (Å²) >= 11 is 0. The van der Waals surface area contributed by atoms with E-state index in [-0.39, 0.29) is 42.7 Å². The molecule has 13 heteroatoms. The van der Waals surface area contributed by atoms with E-state index in [0.29, 0.717) is 0 Å².